The van der Waals surface area contributed by atoms with Crippen molar-refractivity contribution in [3.05, 3.63) is 52.8 Å². The Morgan fingerprint density at radius 1 is 1.17 bits per heavy atom. The number of rotatable bonds is 2. The SMILES string of the molecule is O=C(Nc1ccncc1)Oc1ccc(Cl)cc1Cl. The van der Waals surface area contributed by atoms with Gasteiger partial charge in [-0.05, 0) is 30.3 Å². The highest BCUT2D eigenvalue weighted by atomic mass is 35.5. The zero-order valence-electron chi connectivity index (χ0n) is 9.06. The minimum Gasteiger partial charge on any atom is -0.409 e. The van der Waals surface area contributed by atoms with Gasteiger partial charge in [0.05, 0.1) is 5.02 Å². The smallest absolute Gasteiger partial charge is 0.409 e. The molecule has 2 aromatic rings. The molecule has 2 rings (SSSR count). The highest BCUT2D eigenvalue weighted by molar-refractivity contribution is 6.35. The number of ether oxygens (including phenoxy) is 1. The molecule has 6 heteroatoms. The summed E-state index contributed by atoms with van der Waals surface area (Å²) in [6.07, 6.45) is 2.49. The summed E-state index contributed by atoms with van der Waals surface area (Å²) < 4.78 is 5.04. The molecule has 0 aliphatic carbocycles. The number of halogens is 2. The van der Waals surface area contributed by atoms with E-state index in [-0.39, 0.29) is 10.8 Å². The van der Waals surface area contributed by atoms with E-state index < -0.39 is 6.09 Å². The van der Waals surface area contributed by atoms with Crippen LogP contribution in [0, 0.1) is 0 Å². The molecule has 1 heterocycles. The average Bonchev–Trinajstić information content (AvgIpc) is 2.34. The molecule has 0 radical (unpaired) electrons. The van der Waals surface area contributed by atoms with Gasteiger partial charge >= 0.3 is 6.09 Å². The van der Waals surface area contributed by atoms with Crippen molar-refractivity contribution < 1.29 is 9.53 Å². The molecule has 0 spiro atoms. The Labute approximate surface area is 114 Å². The number of anilines is 1. The van der Waals surface area contributed by atoms with Crippen LogP contribution in [-0.2, 0) is 0 Å². The predicted octanol–water partition coefficient (Wildman–Crippen LogP) is 4.00. The van der Waals surface area contributed by atoms with Gasteiger partial charge in [0, 0.05) is 23.1 Å². The average molecular weight is 283 g/mol. The lowest BCUT2D eigenvalue weighted by molar-refractivity contribution is 0.215. The number of hydrogen-bond acceptors (Lipinski definition) is 3. The van der Waals surface area contributed by atoms with Crippen molar-refractivity contribution >= 4 is 35.0 Å². The molecule has 1 aromatic heterocycles. The zero-order chi connectivity index (χ0) is 13.0. The van der Waals surface area contributed by atoms with Crippen LogP contribution in [-0.4, -0.2) is 11.1 Å². The molecule has 92 valence electrons. The van der Waals surface area contributed by atoms with Crippen molar-refractivity contribution in [1.29, 1.82) is 0 Å². The molecule has 0 aliphatic heterocycles. The van der Waals surface area contributed by atoms with Gasteiger partial charge < -0.3 is 4.74 Å². The fourth-order valence-electron chi connectivity index (χ4n) is 1.24. The number of nitrogens with one attached hydrogen (secondary N) is 1. The third-order valence-electron chi connectivity index (χ3n) is 2.02. The molecule has 0 saturated heterocycles. The van der Waals surface area contributed by atoms with Crippen molar-refractivity contribution in [2.45, 2.75) is 0 Å². The van der Waals surface area contributed by atoms with Gasteiger partial charge in [0.15, 0.2) is 5.75 Å². The topological polar surface area (TPSA) is 51.2 Å². The van der Waals surface area contributed by atoms with Gasteiger partial charge in [0.25, 0.3) is 0 Å². The molecule has 4 nitrogen and oxygen atoms in total. The molecule has 18 heavy (non-hydrogen) atoms. The molecule has 0 unspecified atom stereocenters. The van der Waals surface area contributed by atoms with Crippen molar-refractivity contribution in [2.75, 3.05) is 5.32 Å². The molecule has 0 saturated carbocycles. The van der Waals surface area contributed by atoms with Gasteiger partial charge in [-0.3, -0.25) is 10.3 Å². The molecule has 1 amide bonds. The molecule has 1 aromatic carbocycles. The summed E-state index contributed by atoms with van der Waals surface area (Å²) in [5, 5.41) is 3.28. The number of carbonyl (C=O) groups is 1. The lowest BCUT2D eigenvalue weighted by atomic mass is 10.3. The number of amides is 1. The van der Waals surface area contributed by atoms with Crippen LogP contribution in [0.5, 0.6) is 5.75 Å². The van der Waals surface area contributed by atoms with Gasteiger partial charge in [0.2, 0.25) is 0 Å². The van der Waals surface area contributed by atoms with E-state index in [1.165, 1.54) is 12.1 Å². The molecule has 1 N–H and O–H groups in total. The van der Waals surface area contributed by atoms with Crippen molar-refractivity contribution in [2.24, 2.45) is 0 Å². The van der Waals surface area contributed by atoms with E-state index in [0.29, 0.717) is 10.7 Å². The molecule has 0 atom stereocenters. The van der Waals surface area contributed by atoms with E-state index in [2.05, 4.69) is 10.3 Å². The largest absolute Gasteiger partial charge is 0.417 e. The van der Waals surface area contributed by atoms with Gasteiger partial charge in [0.1, 0.15) is 0 Å². The van der Waals surface area contributed by atoms with Crippen LogP contribution < -0.4 is 10.1 Å². The number of nitrogens with zero attached hydrogens (tertiary/aromatic N) is 1. The maximum absolute atomic E-state index is 11.6. The number of hydrogen-bond donors (Lipinski definition) is 1. The molecule has 0 bridgehead atoms. The number of carbonyl (C=O) groups excluding carboxylic acids is 1. The van der Waals surface area contributed by atoms with Crippen LogP contribution in [0.1, 0.15) is 0 Å². The molecule has 0 aliphatic rings. The number of aromatic nitrogens is 1. The Morgan fingerprint density at radius 2 is 1.89 bits per heavy atom. The maximum Gasteiger partial charge on any atom is 0.417 e. The van der Waals surface area contributed by atoms with Crippen LogP contribution in [0.15, 0.2) is 42.7 Å². The standard InChI is InChI=1S/C12H8Cl2N2O2/c13-8-1-2-11(10(14)7-8)18-12(17)16-9-3-5-15-6-4-9/h1-7H,(H,15,16,17). The van der Waals surface area contributed by atoms with Crippen molar-refractivity contribution in [3.8, 4) is 5.75 Å². The fourth-order valence-corrected chi connectivity index (χ4v) is 1.68. The fraction of sp³-hybridized carbons (Fsp3) is 0. The Kier molecular flexibility index (Phi) is 4.02. The van der Waals surface area contributed by atoms with Crippen LogP contribution in [0.2, 0.25) is 10.0 Å². The first-order chi connectivity index (χ1) is 8.65. The van der Waals surface area contributed by atoms with E-state index in [1.807, 2.05) is 0 Å². The van der Waals surface area contributed by atoms with Crippen molar-refractivity contribution in [1.82, 2.24) is 4.98 Å². The summed E-state index contributed by atoms with van der Waals surface area (Å²) >= 11 is 11.6. The highest BCUT2D eigenvalue weighted by Gasteiger charge is 2.08. The minimum absolute atomic E-state index is 0.243. The summed E-state index contributed by atoms with van der Waals surface area (Å²) in [5.74, 6) is 0.243. The van der Waals surface area contributed by atoms with E-state index in [0.717, 1.165) is 0 Å². The van der Waals surface area contributed by atoms with Gasteiger partial charge in [-0.25, -0.2) is 4.79 Å². The Balaban J connectivity index is 2.03. The van der Waals surface area contributed by atoms with E-state index in [9.17, 15) is 4.79 Å². The third kappa shape index (κ3) is 3.35. The molecule has 0 fully saturated rings. The summed E-state index contributed by atoms with van der Waals surface area (Å²) in [7, 11) is 0. The molecular formula is C12H8Cl2N2O2. The maximum atomic E-state index is 11.6. The van der Waals surface area contributed by atoms with Gasteiger partial charge in [-0.2, -0.15) is 0 Å². The monoisotopic (exact) mass is 282 g/mol. The van der Waals surface area contributed by atoms with Crippen LogP contribution in [0.25, 0.3) is 0 Å². The first-order valence-electron chi connectivity index (χ1n) is 4.99. The Morgan fingerprint density at radius 3 is 2.56 bits per heavy atom. The van der Waals surface area contributed by atoms with Gasteiger partial charge in [-0.1, -0.05) is 23.2 Å². The van der Waals surface area contributed by atoms with Gasteiger partial charge in [-0.15, -0.1) is 0 Å². The number of benzene rings is 1. The second-order valence-corrected chi connectivity index (χ2v) is 4.17. The highest BCUT2D eigenvalue weighted by Crippen LogP contribution is 2.27. The van der Waals surface area contributed by atoms with E-state index in [4.69, 9.17) is 27.9 Å². The minimum atomic E-state index is -0.634. The molecular weight excluding hydrogens is 275 g/mol. The van der Waals surface area contributed by atoms with Crippen LogP contribution in [0.4, 0.5) is 10.5 Å². The normalized spacial score (nSPS) is 9.89. The summed E-state index contributed by atoms with van der Waals surface area (Å²) in [4.78, 5) is 15.4. The zero-order valence-corrected chi connectivity index (χ0v) is 10.6. The quantitative estimate of drug-likeness (QED) is 0.906. The lowest BCUT2D eigenvalue weighted by Crippen LogP contribution is -2.16. The Hall–Kier alpha value is -1.78. The summed E-state index contributed by atoms with van der Waals surface area (Å²) in [6.45, 7) is 0. The number of pyridine rings is 1. The lowest BCUT2D eigenvalue weighted by Gasteiger charge is -2.07. The van der Waals surface area contributed by atoms with Crippen LogP contribution >= 0.6 is 23.2 Å². The Bertz CT molecular complexity index is 561. The van der Waals surface area contributed by atoms with E-state index >= 15 is 0 Å². The summed E-state index contributed by atoms with van der Waals surface area (Å²) in [5.41, 5.74) is 0.583. The van der Waals surface area contributed by atoms with Crippen molar-refractivity contribution in [3.63, 3.8) is 0 Å². The second kappa shape index (κ2) is 5.71. The first kappa shape index (κ1) is 12.7. The third-order valence-corrected chi connectivity index (χ3v) is 2.55. The first-order valence-corrected chi connectivity index (χ1v) is 5.74. The second-order valence-electron chi connectivity index (χ2n) is 3.33. The predicted molar refractivity (Wildman–Crippen MR) is 70.3 cm³/mol. The van der Waals surface area contributed by atoms with E-state index in [1.54, 1.807) is 30.6 Å². The summed E-state index contributed by atoms with van der Waals surface area (Å²) in [6, 6.07) is 7.90. The van der Waals surface area contributed by atoms with Crippen LogP contribution in [0.3, 0.4) is 0 Å².